The van der Waals surface area contributed by atoms with Gasteiger partial charge in [0.1, 0.15) is 11.6 Å². The van der Waals surface area contributed by atoms with E-state index in [1.807, 2.05) is 0 Å². The summed E-state index contributed by atoms with van der Waals surface area (Å²) >= 11 is 5.61. The normalized spacial score (nSPS) is 11.5. The Morgan fingerprint density at radius 2 is 1.62 bits per heavy atom. The number of benzene rings is 2. The van der Waals surface area contributed by atoms with Gasteiger partial charge in [0, 0.05) is 0 Å². The first kappa shape index (κ1) is 15.7. The highest BCUT2D eigenvalue weighted by atomic mass is 35.5. The van der Waals surface area contributed by atoms with E-state index in [1.54, 1.807) is 0 Å². The molecule has 0 bridgehead atoms. The molecule has 0 fully saturated rings. The monoisotopic (exact) mass is 331 g/mol. The van der Waals surface area contributed by atoms with Gasteiger partial charge in [-0.05, 0) is 55.3 Å². The molecular formula is C14H12ClF2NO2S. The van der Waals surface area contributed by atoms with Gasteiger partial charge in [-0.2, -0.15) is 0 Å². The molecule has 2 rings (SSSR count). The van der Waals surface area contributed by atoms with Gasteiger partial charge in [-0.1, -0.05) is 11.6 Å². The van der Waals surface area contributed by atoms with E-state index < -0.39 is 21.7 Å². The van der Waals surface area contributed by atoms with Crippen LogP contribution in [-0.4, -0.2) is 8.42 Å². The lowest BCUT2D eigenvalue weighted by atomic mass is 10.1. The number of hydrogen-bond donors (Lipinski definition) is 1. The van der Waals surface area contributed by atoms with Crippen molar-refractivity contribution in [1.82, 2.24) is 0 Å². The molecule has 112 valence electrons. The molecule has 0 amide bonds. The topological polar surface area (TPSA) is 46.2 Å². The summed E-state index contributed by atoms with van der Waals surface area (Å²) in [5.41, 5.74) is 0.700. The van der Waals surface area contributed by atoms with Crippen molar-refractivity contribution in [3.05, 3.63) is 58.1 Å². The standard InChI is InChI=1S/C14H12ClF2NO2S/c1-8-5-10(16)6-9(2)14(8)21(19,20)18-11-3-4-13(17)12(15)7-11/h3-7,18H,1-2H3. The summed E-state index contributed by atoms with van der Waals surface area (Å²) in [6.45, 7) is 3.00. The van der Waals surface area contributed by atoms with Crippen LogP contribution >= 0.6 is 11.6 Å². The van der Waals surface area contributed by atoms with Crippen molar-refractivity contribution in [3.63, 3.8) is 0 Å². The van der Waals surface area contributed by atoms with Gasteiger partial charge >= 0.3 is 0 Å². The van der Waals surface area contributed by atoms with Gasteiger partial charge in [0.25, 0.3) is 10.0 Å². The van der Waals surface area contributed by atoms with E-state index in [4.69, 9.17) is 11.6 Å². The Morgan fingerprint density at radius 3 is 2.14 bits per heavy atom. The van der Waals surface area contributed by atoms with Crippen molar-refractivity contribution in [2.75, 3.05) is 4.72 Å². The van der Waals surface area contributed by atoms with E-state index in [0.29, 0.717) is 0 Å². The molecule has 0 radical (unpaired) electrons. The Morgan fingerprint density at radius 1 is 1.05 bits per heavy atom. The Labute approximate surface area is 126 Å². The molecule has 3 nitrogen and oxygen atoms in total. The van der Waals surface area contributed by atoms with Crippen molar-refractivity contribution in [2.24, 2.45) is 0 Å². The summed E-state index contributed by atoms with van der Waals surface area (Å²) in [6, 6.07) is 5.76. The zero-order valence-electron chi connectivity index (χ0n) is 11.2. The van der Waals surface area contributed by atoms with Crippen LogP contribution in [0.5, 0.6) is 0 Å². The maximum atomic E-state index is 13.2. The molecule has 0 saturated carbocycles. The molecule has 7 heteroatoms. The van der Waals surface area contributed by atoms with E-state index in [-0.39, 0.29) is 26.7 Å². The third-order valence-corrected chi connectivity index (χ3v) is 4.84. The molecule has 0 aliphatic rings. The number of nitrogens with one attached hydrogen (secondary N) is 1. The largest absolute Gasteiger partial charge is 0.280 e. The molecule has 1 N–H and O–H groups in total. The fraction of sp³-hybridized carbons (Fsp3) is 0.143. The maximum absolute atomic E-state index is 13.2. The molecule has 0 heterocycles. The average Bonchev–Trinajstić information content (AvgIpc) is 2.31. The third kappa shape index (κ3) is 3.33. The molecule has 0 aliphatic carbocycles. The molecule has 21 heavy (non-hydrogen) atoms. The van der Waals surface area contributed by atoms with Crippen LogP contribution in [0.2, 0.25) is 5.02 Å². The highest BCUT2D eigenvalue weighted by molar-refractivity contribution is 7.92. The molecule has 0 spiro atoms. The molecular weight excluding hydrogens is 320 g/mol. The van der Waals surface area contributed by atoms with Crippen LogP contribution in [0.1, 0.15) is 11.1 Å². The van der Waals surface area contributed by atoms with Crippen LogP contribution in [0, 0.1) is 25.5 Å². The Bertz CT molecular complexity index is 784. The van der Waals surface area contributed by atoms with Gasteiger partial charge in [-0.3, -0.25) is 4.72 Å². The Balaban J connectivity index is 2.46. The summed E-state index contributed by atoms with van der Waals surface area (Å²) < 4.78 is 53.4. The van der Waals surface area contributed by atoms with Gasteiger partial charge in [0.2, 0.25) is 0 Å². The summed E-state index contributed by atoms with van der Waals surface area (Å²) in [6.07, 6.45) is 0. The minimum atomic E-state index is -3.92. The van der Waals surface area contributed by atoms with Gasteiger partial charge < -0.3 is 0 Å². The number of sulfonamides is 1. The van der Waals surface area contributed by atoms with Crippen LogP contribution in [0.3, 0.4) is 0 Å². The third-order valence-electron chi connectivity index (χ3n) is 2.87. The first-order valence-corrected chi connectivity index (χ1v) is 7.81. The van der Waals surface area contributed by atoms with Crippen molar-refractivity contribution >= 4 is 27.3 Å². The molecule has 2 aromatic rings. The lowest BCUT2D eigenvalue weighted by Crippen LogP contribution is -2.16. The second kappa shape index (κ2) is 5.61. The molecule has 2 aromatic carbocycles. The number of halogens is 3. The molecule has 0 aliphatic heterocycles. The fourth-order valence-electron chi connectivity index (χ4n) is 2.09. The molecule has 0 aromatic heterocycles. The Hall–Kier alpha value is -1.66. The summed E-state index contributed by atoms with van der Waals surface area (Å²) in [5, 5.41) is -0.192. The predicted octanol–water partition coefficient (Wildman–Crippen LogP) is 4.04. The van der Waals surface area contributed by atoms with E-state index in [2.05, 4.69) is 4.72 Å². The number of rotatable bonds is 3. The van der Waals surface area contributed by atoms with Crippen molar-refractivity contribution in [3.8, 4) is 0 Å². The predicted molar refractivity (Wildman–Crippen MR) is 78.1 cm³/mol. The minimum Gasteiger partial charge on any atom is -0.280 e. The van der Waals surface area contributed by atoms with Crippen LogP contribution in [-0.2, 0) is 10.0 Å². The second-order valence-electron chi connectivity index (χ2n) is 4.60. The molecule has 0 saturated heterocycles. The lowest BCUT2D eigenvalue weighted by Gasteiger charge is -2.13. The van der Waals surface area contributed by atoms with Crippen molar-refractivity contribution in [1.29, 1.82) is 0 Å². The van der Waals surface area contributed by atoms with E-state index in [9.17, 15) is 17.2 Å². The van der Waals surface area contributed by atoms with E-state index in [1.165, 1.54) is 26.0 Å². The maximum Gasteiger partial charge on any atom is 0.262 e. The van der Waals surface area contributed by atoms with Gasteiger partial charge in [0.15, 0.2) is 0 Å². The zero-order chi connectivity index (χ0) is 15.8. The van der Waals surface area contributed by atoms with Gasteiger partial charge in [-0.25, -0.2) is 17.2 Å². The average molecular weight is 332 g/mol. The SMILES string of the molecule is Cc1cc(F)cc(C)c1S(=O)(=O)Nc1ccc(F)c(Cl)c1. The lowest BCUT2D eigenvalue weighted by molar-refractivity contribution is 0.597. The van der Waals surface area contributed by atoms with Crippen molar-refractivity contribution < 1.29 is 17.2 Å². The summed E-state index contributed by atoms with van der Waals surface area (Å²) in [5.74, 6) is -1.15. The smallest absolute Gasteiger partial charge is 0.262 e. The van der Waals surface area contributed by atoms with E-state index >= 15 is 0 Å². The number of hydrogen-bond acceptors (Lipinski definition) is 2. The van der Waals surface area contributed by atoms with E-state index in [0.717, 1.165) is 18.2 Å². The Kier molecular flexibility index (Phi) is 4.20. The first-order valence-electron chi connectivity index (χ1n) is 5.95. The zero-order valence-corrected chi connectivity index (χ0v) is 12.8. The van der Waals surface area contributed by atoms with Crippen LogP contribution in [0.25, 0.3) is 0 Å². The van der Waals surface area contributed by atoms with Crippen LogP contribution in [0.15, 0.2) is 35.2 Å². The molecule has 0 atom stereocenters. The summed E-state index contributed by atoms with van der Waals surface area (Å²) in [7, 11) is -3.92. The highest BCUT2D eigenvalue weighted by Gasteiger charge is 2.20. The number of anilines is 1. The van der Waals surface area contributed by atoms with Crippen LogP contribution < -0.4 is 4.72 Å². The van der Waals surface area contributed by atoms with Crippen molar-refractivity contribution in [2.45, 2.75) is 18.7 Å². The minimum absolute atomic E-state index is 0.00986. The first-order chi connectivity index (χ1) is 9.70. The quantitative estimate of drug-likeness (QED) is 0.922. The van der Waals surface area contributed by atoms with Crippen LogP contribution in [0.4, 0.5) is 14.5 Å². The fourth-order valence-corrected chi connectivity index (χ4v) is 3.77. The van der Waals surface area contributed by atoms with Gasteiger partial charge in [0.05, 0.1) is 15.6 Å². The molecule has 0 unspecified atom stereocenters. The summed E-state index contributed by atoms with van der Waals surface area (Å²) in [4.78, 5) is -0.00986. The highest BCUT2D eigenvalue weighted by Crippen LogP contribution is 2.26. The second-order valence-corrected chi connectivity index (χ2v) is 6.63. The number of aryl methyl sites for hydroxylation is 2. The van der Waals surface area contributed by atoms with Gasteiger partial charge in [-0.15, -0.1) is 0 Å².